The van der Waals surface area contributed by atoms with Crippen molar-refractivity contribution in [2.75, 3.05) is 5.75 Å². The Labute approximate surface area is 118 Å². The number of benzene rings is 1. The van der Waals surface area contributed by atoms with Crippen LogP contribution in [-0.4, -0.2) is 25.2 Å². The Bertz CT molecular complexity index is 664. The summed E-state index contributed by atoms with van der Waals surface area (Å²) in [5, 5.41) is -1.34. The van der Waals surface area contributed by atoms with Crippen LogP contribution in [0.5, 0.6) is 0 Å². The average Bonchev–Trinajstić information content (AvgIpc) is 2.36. The molecule has 1 atom stereocenters. The second-order valence-electron chi connectivity index (χ2n) is 4.91. The molecule has 0 aromatic heterocycles. The summed E-state index contributed by atoms with van der Waals surface area (Å²) in [6.07, 6.45) is -3.90. The molecule has 0 bridgehead atoms. The maximum absolute atomic E-state index is 13.2. The van der Waals surface area contributed by atoms with E-state index in [0.29, 0.717) is 25.0 Å². The molecule has 1 unspecified atom stereocenters. The van der Waals surface area contributed by atoms with E-state index < -0.39 is 44.0 Å². The van der Waals surface area contributed by atoms with Gasteiger partial charge >= 0.3 is 6.18 Å². The minimum absolute atomic E-state index is 0.0832. The van der Waals surface area contributed by atoms with Crippen LogP contribution in [0.15, 0.2) is 18.2 Å². The van der Waals surface area contributed by atoms with Crippen LogP contribution in [0.25, 0.3) is 0 Å². The van der Waals surface area contributed by atoms with E-state index in [2.05, 4.69) is 0 Å². The Kier molecular flexibility index (Phi) is 4.10. The lowest BCUT2D eigenvalue weighted by Gasteiger charge is -2.21. The predicted octanol–water partition coefficient (Wildman–Crippen LogP) is 2.99. The minimum atomic E-state index is -4.94. The third kappa shape index (κ3) is 3.25. The molecule has 0 spiro atoms. The van der Waals surface area contributed by atoms with Crippen molar-refractivity contribution in [2.45, 2.75) is 30.7 Å². The first-order valence-corrected chi connectivity index (χ1v) is 7.97. The van der Waals surface area contributed by atoms with Crippen LogP contribution in [0.4, 0.5) is 17.6 Å². The van der Waals surface area contributed by atoms with Gasteiger partial charge in [0.1, 0.15) is 11.1 Å². The second kappa shape index (κ2) is 5.40. The summed E-state index contributed by atoms with van der Waals surface area (Å²) in [7, 11) is -3.65. The molecule has 1 aromatic carbocycles. The van der Waals surface area contributed by atoms with Crippen molar-refractivity contribution in [1.82, 2.24) is 0 Å². The topological polar surface area (TPSA) is 51.2 Å². The van der Waals surface area contributed by atoms with Gasteiger partial charge in [0, 0.05) is 5.56 Å². The Balaban J connectivity index is 2.40. The fourth-order valence-corrected chi connectivity index (χ4v) is 4.21. The summed E-state index contributed by atoms with van der Waals surface area (Å²) >= 11 is 0. The number of ketones is 1. The highest BCUT2D eigenvalue weighted by atomic mass is 32.2. The number of carbonyl (C=O) groups excluding carboxylic acids is 1. The molecule has 8 heteroatoms. The van der Waals surface area contributed by atoms with E-state index in [0.717, 1.165) is 6.07 Å². The predicted molar refractivity (Wildman–Crippen MR) is 67.2 cm³/mol. The van der Waals surface area contributed by atoms with Crippen molar-refractivity contribution in [2.24, 2.45) is 0 Å². The van der Waals surface area contributed by atoms with E-state index in [1.807, 2.05) is 0 Å². The van der Waals surface area contributed by atoms with Crippen LogP contribution in [0.2, 0.25) is 0 Å². The molecule has 1 saturated heterocycles. The Morgan fingerprint density at radius 2 is 1.86 bits per heavy atom. The molecule has 0 aliphatic carbocycles. The van der Waals surface area contributed by atoms with Crippen molar-refractivity contribution in [3.63, 3.8) is 0 Å². The second-order valence-corrected chi connectivity index (χ2v) is 7.21. The monoisotopic (exact) mass is 324 g/mol. The third-order valence-corrected chi connectivity index (χ3v) is 5.60. The fraction of sp³-hybridized carbons (Fsp3) is 0.462. The van der Waals surface area contributed by atoms with Gasteiger partial charge in [-0.3, -0.25) is 4.79 Å². The normalized spacial score (nSPS) is 22.0. The van der Waals surface area contributed by atoms with Gasteiger partial charge in [-0.1, -0.05) is 6.42 Å². The number of sulfone groups is 1. The summed E-state index contributed by atoms with van der Waals surface area (Å²) in [6, 6.07) is 1.80. The van der Waals surface area contributed by atoms with E-state index in [9.17, 15) is 30.8 Å². The first-order chi connectivity index (χ1) is 9.63. The molecule has 1 heterocycles. The molecule has 2 rings (SSSR count). The zero-order valence-corrected chi connectivity index (χ0v) is 11.6. The van der Waals surface area contributed by atoms with Crippen molar-refractivity contribution in [3.8, 4) is 0 Å². The quantitative estimate of drug-likeness (QED) is 0.621. The number of alkyl halides is 3. The summed E-state index contributed by atoms with van der Waals surface area (Å²) in [5.74, 6) is -2.55. The van der Waals surface area contributed by atoms with Gasteiger partial charge in [0.05, 0.1) is 11.3 Å². The highest BCUT2D eigenvalue weighted by molar-refractivity contribution is 7.92. The first kappa shape index (κ1) is 15.9. The summed E-state index contributed by atoms with van der Waals surface area (Å²) in [6.45, 7) is 0. The lowest BCUT2D eigenvalue weighted by atomic mass is 10.0. The van der Waals surface area contributed by atoms with Gasteiger partial charge in [0.2, 0.25) is 0 Å². The van der Waals surface area contributed by atoms with Gasteiger partial charge in [0.25, 0.3) is 0 Å². The summed E-state index contributed by atoms with van der Waals surface area (Å²) in [4.78, 5) is 12.1. The maximum atomic E-state index is 13.2. The minimum Gasteiger partial charge on any atom is -0.293 e. The van der Waals surface area contributed by atoms with E-state index in [-0.39, 0.29) is 12.2 Å². The number of hydrogen-bond acceptors (Lipinski definition) is 3. The van der Waals surface area contributed by atoms with E-state index in [1.165, 1.54) is 0 Å². The highest BCUT2D eigenvalue weighted by Gasteiger charge is 2.38. The molecule has 0 radical (unpaired) electrons. The Morgan fingerprint density at radius 3 is 2.43 bits per heavy atom. The van der Waals surface area contributed by atoms with Crippen molar-refractivity contribution in [1.29, 1.82) is 0 Å². The molecule has 1 aliphatic heterocycles. The molecular weight excluding hydrogens is 312 g/mol. The van der Waals surface area contributed by atoms with Crippen LogP contribution < -0.4 is 0 Å². The highest BCUT2D eigenvalue weighted by Crippen LogP contribution is 2.33. The van der Waals surface area contributed by atoms with Gasteiger partial charge < -0.3 is 0 Å². The molecule has 0 amide bonds. The fourth-order valence-electron chi connectivity index (χ4n) is 2.33. The molecule has 1 aliphatic rings. The number of hydrogen-bond donors (Lipinski definition) is 0. The zero-order chi connectivity index (χ0) is 15.8. The summed E-state index contributed by atoms with van der Waals surface area (Å²) in [5.41, 5.74) is -2.00. The molecule has 116 valence electrons. The van der Waals surface area contributed by atoms with Crippen LogP contribution in [-0.2, 0) is 16.0 Å². The summed E-state index contributed by atoms with van der Waals surface area (Å²) < 4.78 is 74.7. The van der Waals surface area contributed by atoms with Gasteiger partial charge in [-0.25, -0.2) is 12.8 Å². The third-order valence-electron chi connectivity index (χ3n) is 3.43. The first-order valence-electron chi connectivity index (χ1n) is 6.25. The maximum Gasteiger partial charge on any atom is 0.419 e. The number of rotatable bonds is 2. The Hall–Kier alpha value is -1.44. The largest absolute Gasteiger partial charge is 0.419 e. The van der Waals surface area contributed by atoms with Crippen LogP contribution >= 0.6 is 0 Å². The van der Waals surface area contributed by atoms with Crippen molar-refractivity contribution in [3.05, 3.63) is 35.1 Å². The van der Waals surface area contributed by atoms with Crippen LogP contribution in [0.3, 0.4) is 0 Å². The molecule has 21 heavy (non-hydrogen) atoms. The molecular formula is C13H12F4O3S. The molecule has 0 N–H and O–H groups in total. The Morgan fingerprint density at radius 1 is 1.19 bits per heavy atom. The molecule has 3 nitrogen and oxygen atoms in total. The van der Waals surface area contributed by atoms with Gasteiger partial charge in [0.15, 0.2) is 15.6 Å². The van der Waals surface area contributed by atoms with Crippen LogP contribution in [0.1, 0.15) is 35.2 Å². The molecule has 1 fully saturated rings. The number of carbonyl (C=O) groups is 1. The lowest BCUT2D eigenvalue weighted by molar-refractivity contribution is -0.140. The zero-order valence-electron chi connectivity index (χ0n) is 10.8. The van der Waals surface area contributed by atoms with E-state index >= 15 is 0 Å². The van der Waals surface area contributed by atoms with Gasteiger partial charge in [-0.2, -0.15) is 13.2 Å². The van der Waals surface area contributed by atoms with E-state index in [4.69, 9.17) is 0 Å². The molecule has 0 saturated carbocycles. The SMILES string of the molecule is O=C(c1ccc(F)c(C(F)(F)F)c1)C1CCCCS1(=O)=O. The standard InChI is InChI=1S/C13H12F4O3S/c14-10-5-4-8(7-9(10)13(15,16)17)12(18)11-3-1-2-6-21(11,19)20/h4-5,7,11H,1-3,6H2. The lowest BCUT2D eigenvalue weighted by Crippen LogP contribution is -2.35. The number of Topliss-reactive ketones (excluding diaryl/α,β-unsaturated/α-hetero) is 1. The number of halogens is 4. The van der Waals surface area contributed by atoms with E-state index in [1.54, 1.807) is 0 Å². The molecule has 1 aromatic rings. The van der Waals surface area contributed by atoms with Crippen molar-refractivity contribution >= 4 is 15.6 Å². The van der Waals surface area contributed by atoms with Crippen molar-refractivity contribution < 1.29 is 30.8 Å². The van der Waals surface area contributed by atoms with Crippen LogP contribution in [0, 0.1) is 5.82 Å². The smallest absolute Gasteiger partial charge is 0.293 e. The van der Waals surface area contributed by atoms with Gasteiger partial charge in [-0.05, 0) is 31.0 Å². The van der Waals surface area contributed by atoms with Gasteiger partial charge in [-0.15, -0.1) is 0 Å². The average molecular weight is 324 g/mol.